The second-order valence-electron chi connectivity index (χ2n) is 6.51. The Hall–Kier alpha value is -1.91. The highest BCUT2D eigenvalue weighted by Gasteiger charge is 2.24. The summed E-state index contributed by atoms with van der Waals surface area (Å²) in [5, 5.41) is 3.66. The van der Waals surface area contributed by atoms with Gasteiger partial charge in [-0.3, -0.25) is 0 Å². The van der Waals surface area contributed by atoms with Crippen LogP contribution in [0.15, 0.2) is 36.4 Å². The Labute approximate surface area is 154 Å². The summed E-state index contributed by atoms with van der Waals surface area (Å²) in [6, 6.07) is 12.8. The first-order valence-electron chi connectivity index (χ1n) is 8.56. The number of nitrogens with one attached hydrogen (secondary N) is 1. The fourth-order valence-electron chi connectivity index (χ4n) is 3.60. The third-order valence-corrected chi connectivity index (χ3v) is 4.80. The summed E-state index contributed by atoms with van der Waals surface area (Å²) in [7, 11) is 1.73. The Balaban J connectivity index is 0.00000182. The van der Waals surface area contributed by atoms with E-state index < -0.39 is 0 Å². The molecule has 4 nitrogen and oxygen atoms in total. The summed E-state index contributed by atoms with van der Waals surface area (Å²) in [4.78, 5) is 0. The standard InChI is InChI=1S/C20H23NO3.ClH/c1-13-9-14-10-19(22-2)15(11-20(14)24-13)12-21-17-7-8-23-18-6-4-3-5-16(17)18;/h3-6,10-11,13,17,21H,7-9,12H2,1-2H3;1H. The highest BCUT2D eigenvalue weighted by Crippen LogP contribution is 2.36. The first-order chi connectivity index (χ1) is 11.7. The lowest BCUT2D eigenvalue weighted by molar-refractivity contribution is 0.250. The molecule has 0 aromatic heterocycles. The van der Waals surface area contributed by atoms with Crippen molar-refractivity contribution >= 4 is 12.4 Å². The number of halogens is 1. The molecule has 1 N–H and O–H groups in total. The third-order valence-electron chi connectivity index (χ3n) is 4.80. The smallest absolute Gasteiger partial charge is 0.124 e. The number of ether oxygens (including phenoxy) is 3. The molecular formula is C20H24ClNO3. The summed E-state index contributed by atoms with van der Waals surface area (Å²) in [6.45, 7) is 3.59. The van der Waals surface area contributed by atoms with Gasteiger partial charge in [-0.1, -0.05) is 18.2 Å². The van der Waals surface area contributed by atoms with Crippen LogP contribution in [0.1, 0.15) is 36.1 Å². The molecule has 5 heteroatoms. The Morgan fingerprint density at radius 2 is 2.04 bits per heavy atom. The highest BCUT2D eigenvalue weighted by molar-refractivity contribution is 5.85. The zero-order chi connectivity index (χ0) is 16.5. The lowest BCUT2D eigenvalue weighted by atomic mass is 10.00. The summed E-state index contributed by atoms with van der Waals surface area (Å²) in [5.41, 5.74) is 3.60. The van der Waals surface area contributed by atoms with E-state index in [1.54, 1.807) is 7.11 Å². The molecule has 0 saturated carbocycles. The summed E-state index contributed by atoms with van der Waals surface area (Å²) < 4.78 is 17.2. The van der Waals surface area contributed by atoms with Crippen LogP contribution < -0.4 is 19.5 Å². The number of hydrogen-bond donors (Lipinski definition) is 1. The normalized spacial score (nSPS) is 20.6. The number of para-hydroxylation sites is 1. The third kappa shape index (κ3) is 3.55. The van der Waals surface area contributed by atoms with Crippen molar-refractivity contribution in [3.05, 3.63) is 53.1 Å². The lowest BCUT2D eigenvalue weighted by Crippen LogP contribution is -2.26. The predicted octanol–water partition coefficient (Wildman–Crippen LogP) is 4.05. The molecule has 0 spiro atoms. The van der Waals surface area contributed by atoms with Gasteiger partial charge in [-0.05, 0) is 25.1 Å². The van der Waals surface area contributed by atoms with Crippen molar-refractivity contribution in [3.63, 3.8) is 0 Å². The van der Waals surface area contributed by atoms with Crippen LogP contribution in [0.25, 0.3) is 0 Å². The van der Waals surface area contributed by atoms with E-state index in [4.69, 9.17) is 14.2 Å². The number of rotatable bonds is 4. The summed E-state index contributed by atoms with van der Waals surface area (Å²) in [5.74, 6) is 2.91. The van der Waals surface area contributed by atoms with Gasteiger partial charge in [0.1, 0.15) is 23.4 Å². The zero-order valence-electron chi connectivity index (χ0n) is 14.6. The first-order valence-corrected chi connectivity index (χ1v) is 8.56. The van der Waals surface area contributed by atoms with Crippen LogP contribution in [-0.4, -0.2) is 19.8 Å². The molecule has 134 valence electrons. The summed E-state index contributed by atoms with van der Waals surface area (Å²) >= 11 is 0. The van der Waals surface area contributed by atoms with Crippen molar-refractivity contribution in [2.75, 3.05) is 13.7 Å². The number of benzene rings is 2. The molecule has 4 rings (SSSR count). The van der Waals surface area contributed by atoms with Gasteiger partial charge >= 0.3 is 0 Å². The number of hydrogen-bond acceptors (Lipinski definition) is 4. The van der Waals surface area contributed by atoms with Crippen LogP contribution in [0.5, 0.6) is 17.2 Å². The van der Waals surface area contributed by atoms with Crippen LogP contribution in [0.4, 0.5) is 0 Å². The van der Waals surface area contributed by atoms with Gasteiger partial charge < -0.3 is 19.5 Å². The van der Waals surface area contributed by atoms with Crippen LogP contribution in [0.2, 0.25) is 0 Å². The summed E-state index contributed by atoms with van der Waals surface area (Å²) in [6.07, 6.45) is 2.17. The monoisotopic (exact) mass is 361 g/mol. The van der Waals surface area contributed by atoms with Crippen molar-refractivity contribution in [2.24, 2.45) is 0 Å². The largest absolute Gasteiger partial charge is 0.496 e. The molecule has 0 fully saturated rings. The maximum Gasteiger partial charge on any atom is 0.124 e. The minimum Gasteiger partial charge on any atom is -0.496 e. The van der Waals surface area contributed by atoms with Crippen molar-refractivity contribution in [1.29, 1.82) is 0 Å². The molecule has 2 unspecified atom stereocenters. The molecule has 2 aliphatic rings. The molecule has 2 heterocycles. The molecular weight excluding hydrogens is 338 g/mol. The Kier molecular flexibility index (Phi) is 5.40. The minimum atomic E-state index is 0. The van der Waals surface area contributed by atoms with Gasteiger partial charge in [-0.15, -0.1) is 12.4 Å². The van der Waals surface area contributed by atoms with E-state index in [0.29, 0.717) is 6.04 Å². The van der Waals surface area contributed by atoms with E-state index in [0.717, 1.165) is 48.8 Å². The van der Waals surface area contributed by atoms with Gasteiger partial charge in [-0.2, -0.15) is 0 Å². The zero-order valence-corrected chi connectivity index (χ0v) is 15.4. The van der Waals surface area contributed by atoms with Crippen LogP contribution >= 0.6 is 12.4 Å². The van der Waals surface area contributed by atoms with E-state index in [-0.39, 0.29) is 18.5 Å². The van der Waals surface area contributed by atoms with Crippen molar-refractivity contribution in [3.8, 4) is 17.2 Å². The van der Waals surface area contributed by atoms with Crippen molar-refractivity contribution in [2.45, 2.75) is 38.5 Å². The van der Waals surface area contributed by atoms with Crippen LogP contribution in [0, 0.1) is 0 Å². The van der Waals surface area contributed by atoms with Crippen molar-refractivity contribution < 1.29 is 14.2 Å². The van der Waals surface area contributed by atoms with Gasteiger partial charge in [0.05, 0.1) is 13.7 Å². The topological polar surface area (TPSA) is 39.7 Å². The van der Waals surface area contributed by atoms with Crippen LogP contribution in [-0.2, 0) is 13.0 Å². The predicted molar refractivity (Wildman–Crippen MR) is 100 cm³/mol. The molecule has 0 bridgehead atoms. The van der Waals surface area contributed by atoms with E-state index in [2.05, 4.69) is 36.5 Å². The molecule has 2 aliphatic heterocycles. The van der Waals surface area contributed by atoms with Crippen molar-refractivity contribution in [1.82, 2.24) is 5.32 Å². The fourth-order valence-corrected chi connectivity index (χ4v) is 3.60. The molecule has 0 saturated heterocycles. The Bertz CT molecular complexity index is 750. The molecule has 25 heavy (non-hydrogen) atoms. The van der Waals surface area contributed by atoms with Crippen LogP contribution in [0.3, 0.4) is 0 Å². The van der Waals surface area contributed by atoms with E-state index in [9.17, 15) is 0 Å². The van der Waals surface area contributed by atoms with Gasteiger partial charge in [0.2, 0.25) is 0 Å². The maximum absolute atomic E-state index is 5.89. The second-order valence-corrected chi connectivity index (χ2v) is 6.51. The molecule has 2 aromatic rings. The molecule has 0 aliphatic carbocycles. The average Bonchev–Trinajstić information content (AvgIpc) is 2.97. The average molecular weight is 362 g/mol. The molecule has 2 atom stereocenters. The molecule has 0 amide bonds. The maximum atomic E-state index is 5.89. The van der Waals surface area contributed by atoms with Gasteiger partial charge in [-0.25, -0.2) is 0 Å². The Morgan fingerprint density at radius 3 is 2.88 bits per heavy atom. The molecule has 0 radical (unpaired) electrons. The SMILES string of the molecule is COc1cc2c(cc1CNC1CCOc3ccccc31)OC(C)C2.Cl. The fraction of sp³-hybridized carbons (Fsp3) is 0.400. The number of fused-ring (bicyclic) bond motifs is 2. The first kappa shape index (κ1) is 17.9. The van der Waals surface area contributed by atoms with E-state index >= 15 is 0 Å². The van der Waals surface area contributed by atoms with Gasteiger partial charge in [0, 0.05) is 42.1 Å². The number of methoxy groups -OCH3 is 1. The van der Waals surface area contributed by atoms with Gasteiger partial charge in [0.15, 0.2) is 0 Å². The quantitative estimate of drug-likeness (QED) is 0.891. The molecule has 2 aromatic carbocycles. The Morgan fingerprint density at radius 1 is 1.20 bits per heavy atom. The van der Waals surface area contributed by atoms with E-state index in [1.807, 2.05) is 12.1 Å². The highest BCUT2D eigenvalue weighted by atomic mass is 35.5. The van der Waals surface area contributed by atoms with E-state index in [1.165, 1.54) is 11.1 Å². The minimum absolute atomic E-state index is 0. The second kappa shape index (κ2) is 7.54. The van der Waals surface area contributed by atoms with Gasteiger partial charge in [0.25, 0.3) is 0 Å². The lowest BCUT2D eigenvalue weighted by Gasteiger charge is -2.27.